The fourth-order valence-corrected chi connectivity index (χ4v) is 3.74. The first kappa shape index (κ1) is 54.7. The molecule has 0 fully saturated rings. The molecule has 0 unspecified atom stereocenters. The van der Waals surface area contributed by atoms with Crippen LogP contribution in [0.4, 0.5) is 26.3 Å². The normalized spacial score (nSPS) is 12.3. The number of quaternary nitrogens is 2. The SMILES string of the molecule is CCCCCC[N+](C)(C)CCCCC.CCCCCC[N+](C)(C)CCCCC.NN.O=S(=O)([O-])C(F)(F)F.O=S(=O)([O-])C(F)(F)F. The van der Waals surface area contributed by atoms with Crippen molar-refractivity contribution < 1.29 is 61.2 Å². The summed E-state index contributed by atoms with van der Waals surface area (Å²) in [6.45, 7) is 14.6. The van der Waals surface area contributed by atoms with Crippen molar-refractivity contribution in [1.82, 2.24) is 0 Å². The lowest BCUT2D eigenvalue weighted by Crippen LogP contribution is -2.41. The summed E-state index contributed by atoms with van der Waals surface area (Å²) in [5, 5.41) is 0. The standard InChI is InChI=1S/2C13H30N.2CHF3O3S.H4N2/c2*1-5-7-9-11-13-14(3,4)12-10-8-6-2;2*2-1(3,4)8(5,6)7;1-2/h2*5-13H2,1-4H3;2*(H,5,6,7);1-2H2/q2*+1;;;/p-2. The van der Waals surface area contributed by atoms with Crippen LogP contribution in [0, 0.1) is 0 Å². The predicted octanol–water partition coefficient (Wildman–Crippen LogP) is 6.59. The van der Waals surface area contributed by atoms with E-state index in [1.165, 1.54) is 125 Å². The Kier molecular flexibility index (Phi) is 34.7. The summed E-state index contributed by atoms with van der Waals surface area (Å²) in [6.07, 6.45) is 19.5. The van der Waals surface area contributed by atoms with Gasteiger partial charge in [-0.1, -0.05) is 66.2 Å². The molecule has 18 heteroatoms. The summed E-state index contributed by atoms with van der Waals surface area (Å²) < 4.78 is 120. The van der Waals surface area contributed by atoms with E-state index < -0.39 is 31.3 Å². The molecule has 4 N–H and O–H groups in total. The molecule has 0 aliphatic carbocycles. The van der Waals surface area contributed by atoms with Crippen LogP contribution in [0.1, 0.15) is 118 Å². The molecule has 0 heterocycles. The Morgan fingerprint density at radius 3 is 0.761 bits per heavy atom. The Morgan fingerprint density at radius 1 is 0.457 bits per heavy atom. The summed E-state index contributed by atoms with van der Waals surface area (Å²) in [6, 6.07) is 0. The van der Waals surface area contributed by atoms with Crippen LogP contribution >= 0.6 is 0 Å². The van der Waals surface area contributed by atoms with Gasteiger partial charge in [0.2, 0.25) is 0 Å². The fraction of sp³-hybridized carbons (Fsp3) is 1.00. The molecule has 10 nitrogen and oxygen atoms in total. The smallest absolute Gasteiger partial charge is 0.485 e. The highest BCUT2D eigenvalue weighted by atomic mass is 32.2. The molecule has 0 aliphatic rings. The number of hydrogen-bond donors (Lipinski definition) is 2. The van der Waals surface area contributed by atoms with Crippen LogP contribution in [0.3, 0.4) is 0 Å². The Labute approximate surface area is 275 Å². The molecule has 0 aromatic heterocycles. The first-order chi connectivity index (χ1) is 20.7. The number of halogens is 6. The largest absolute Gasteiger partial charge is 0.741 e. The van der Waals surface area contributed by atoms with Crippen molar-refractivity contribution in [3.8, 4) is 0 Å². The van der Waals surface area contributed by atoms with Gasteiger partial charge in [-0.25, -0.2) is 16.8 Å². The first-order valence-electron chi connectivity index (χ1n) is 15.8. The van der Waals surface area contributed by atoms with E-state index >= 15 is 0 Å². The zero-order chi connectivity index (χ0) is 37.7. The van der Waals surface area contributed by atoms with Gasteiger partial charge in [0, 0.05) is 0 Å². The molecule has 0 saturated heterocycles. The minimum atomic E-state index is -6.09. The molecule has 0 spiro atoms. The molecule has 0 aromatic rings. The molecule has 0 amide bonds. The van der Waals surface area contributed by atoms with Crippen LogP contribution in [0.5, 0.6) is 0 Å². The average molecular weight is 731 g/mol. The fourth-order valence-electron chi connectivity index (χ4n) is 3.74. The van der Waals surface area contributed by atoms with Gasteiger partial charge in [-0.3, -0.25) is 11.7 Å². The summed E-state index contributed by atoms with van der Waals surface area (Å²) in [7, 11) is -2.67. The van der Waals surface area contributed by atoms with Crippen molar-refractivity contribution in [2.75, 3.05) is 54.4 Å². The lowest BCUT2D eigenvalue weighted by atomic mass is 10.2. The van der Waals surface area contributed by atoms with E-state index in [4.69, 9.17) is 25.9 Å². The number of hydrogen-bond acceptors (Lipinski definition) is 8. The summed E-state index contributed by atoms with van der Waals surface area (Å²) in [5.41, 5.74) is -11.3. The number of rotatable bonds is 18. The van der Waals surface area contributed by atoms with Gasteiger partial charge in [0.05, 0.1) is 54.4 Å². The second-order valence-electron chi connectivity index (χ2n) is 12.1. The summed E-state index contributed by atoms with van der Waals surface area (Å²) in [4.78, 5) is 0. The van der Waals surface area contributed by atoms with Gasteiger partial charge in [-0.15, -0.1) is 0 Å². The maximum absolute atomic E-state index is 10.7. The van der Waals surface area contributed by atoms with Crippen LogP contribution in [-0.4, -0.2) is 100 Å². The zero-order valence-electron chi connectivity index (χ0n) is 29.3. The Balaban J connectivity index is -0.000000164. The quantitative estimate of drug-likeness (QED) is 0.0303. The molecule has 0 aromatic carbocycles. The number of nitrogens with two attached hydrogens (primary N) is 2. The third-order valence-electron chi connectivity index (χ3n) is 6.53. The van der Waals surface area contributed by atoms with Crippen molar-refractivity contribution >= 4 is 20.2 Å². The zero-order valence-corrected chi connectivity index (χ0v) is 30.9. The van der Waals surface area contributed by atoms with Gasteiger partial charge in [-0.05, 0) is 51.4 Å². The van der Waals surface area contributed by atoms with Crippen molar-refractivity contribution in [2.45, 2.75) is 129 Å². The van der Waals surface area contributed by atoms with E-state index in [0.717, 1.165) is 0 Å². The molecular formula is C28H64F6N4O6S2. The number of hydrazine groups is 1. The molecular weight excluding hydrogens is 666 g/mol. The molecule has 286 valence electrons. The van der Waals surface area contributed by atoms with Crippen molar-refractivity contribution in [2.24, 2.45) is 11.7 Å². The van der Waals surface area contributed by atoms with Gasteiger partial charge in [0.15, 0.2) is 20.2 Å². The van der Waals surface area contributed by atoms with Gasteiger partial charge in [-0.2, -0.15) is 26.3 Å². The van der Waals surface area contributed by atoms with Crippen molar-refractivity contribution in [3.63, 3.8) is 0 Å². The van der Waals surface area contributed by atoms with E-state index in [9.17, 15) is 26.3 Å². The second-order valence-corrected chi connectivity index (χ2v) is 14.8. The predicted molar refractivity (Wildman–Crippen MR) is 171 cm³/mol. The van der Waals surface area contributed by atoms with Crippen molar-refractivity contribution in [1.29, 1.82) is 0 Å². The van der Waals surface area contributed by atoms with Crippen LogP contribution < -0.4 is 11.7 Å². The van der Waals surface area contributed by atoms with E-state index in [0.29, 0.717) is 0 Å². The second kappa shape index (κ2) is 29.2. The molecule has 0 bridgehead atoms. The Bertz CT molecular complexity index is 816. The topological polar surface area (TPSA) is 166 Å². The third kappa shape index (κ3) is 41.3. The third-order valence-corrected chi connectivity index (χ3v) is 7.67. The molecule has 0 radical (unpaired) electrons. The van der Waals surface area contributed by atoms with E-state index in [-0.39, 0.29) is 0 Å². The monoisotopic (exact) mass is 730 g/mol. The lowest BCUT2D eigenvalue weighted by Gasteiger charge is -2.29. The molecule has 0 aliphatic heterocycles. The summed E-state index contributed by atoms with van der Waals surface area (Å²) >= 11 is 0. The van der Waals surface area contributed by atoms with E-state index in [1.807, 2.05) is 0 Å². The molecule has 46 heavy (non-hydrogen) atoms. The van der Waals surface area contributed by atoms with Crippen LogP contribution in [0.2, 0.25) is 0 Å². The van der Waals surface area contributed by atoms with Gasteiger partial charge >= 0.3 is 11.0 Å². The van der Waals surface area contributed by atoms with E-state index in [1.54, 1.807) is 0 Å². The molecule has 0 saturated carbocycles. The summed E-state index contributed by atoms with van der Waals surface area (Å²) in [5.74, 6) is 8.00. The maximum Gasteiger partial charge on any atom is 0.485 e. The highest BCUT2D eigenvalue weighted by Gasteiger charge is 2.37. The van der Waals surface area contributed by atoms with Gasteiger partial charge in [0.25, 0.3) is 0 Å². The number of unbranched alkanes of at least 4 members (excludes halogenated alkanes) is 10. The van der Waals surface area contributed by atoms with E-state index in [2.05, 4.69) is 67.6 Å². The average Bonchev–Trinajstić information content (AvgIpc) is 2.89. The Morgan fingerprint density at radius 2 is 0.609 bits per heavy atom. The number of alkyl halides is 6. The molecule has 0 rings (SSSR count). The van der Waals surface area contributed by atoms with Crippen LogP contribution in [-0.2, 0) is 20.2 Å². The lowest BCUT2D eigenvalue weighted by molar-refractivity contribution is -0.890. The van der Waals surface area contributed by atoms with Crippen LogP contribution in [0.25, 0.3) is 0 Å². The van der Waals surface area contributed by atoms with Crippen LogP contribution in [0.15, 0.2) is 0 Å². The minimum absolute atomic E-state index is 1.23. The highest BCUT2D eigenvalue weighted by molar-refractivity contribution is 7.86. The van der Waals surface area contributed by atoms with Crippen molar-refractivity contribution in [3.05, 3.63) is 0 Å². The maximum atomic E-state index is 10.7. The van der Waals surface area contributed by atoms with Gasteiger partial charge in [0.1, 0.15) is 0 Å². The first-order valence-corrected chi connectivity index (χ1v) is 18.6. The number of nitrogens with zero attached hydrogens (tertiary/aromatic N) is 2. The van der Waals surface area contributed by atoms with Gasteiger partial charge < -0.3 is 18.1 Å². The highest BCUT2D eigenvalue weighted by Crippen LogP contribution is 2.21. The molecule has 0 atom stereocenters. The minimum Gasteiger partial charge on any atom is -0.741 e. The Hall–Kier alpha value is -0.760.